The maximum atomic E-state index is 13.5. The number of aromatic amines is 1. The molecule has 42 heavy (non-hydrogen) atoms. The summed E-state index contributed by atoms with van der Waals surface area (Å²) < 4.78 is 11.7. The zero-order valence-corrected chi connectivity index (χ0v) is 25.8. The van der Waals surface area contributed by atoms with Crippen LogP contribution in [0.15, 0.2) is 39.9 Å². The summed E-state index contributed by atoms with van der Waals surface area (Å²) in [5.41, 5.74) is 7.58. The molecule has 9 nitrogen and oxygen atoms in total. The summed E-state index contributed by atoms with van der Waals surface area (Å²) in [5, 5.41) is 11.8. The van der Waals surface area contributed by atoms with E-state index in [9.17, 15) is 9.59 Å². The zero-order chi connectivity index (χ0) is 29.6. The molecule has 5 N–H and O–H groups in total. The normalized spacial score (nSPS) is 25.6. The Morgan fingerprint density at radius 2 is 1.83 bits per heavy atom. The van der Waals surface area contributed by atoms with Crippen molar-refractivity contribution < 1.29 is 18.8 Å². The lowest BCUT2D eigenvalue weighted by Gasteiger charge is -2.54. The molecular weight excluding hydrogens is 550 g/mol. The molecule has 0 radical (unpaired) electrons. The molecule has 7 rings (SSSR count). The van der Waals surface area contributed by atoms with E-state index in [1.54, 1.807) is 0 Å². The molecule has 1 aromatic carbocycles. The summed E-state index contributed by atoms with van der Waals surface area (Å²) in [6, 6.07) is 7.45. The first-order valence-corrected chi connectivity index (χ1v) is 16.2. The van der Waals surface area contributed by atoms with E-state index in [1.807, 2.05) is 44.3 Å². The van der Waals surface area contributed by atoms with Crippen LogP contribution >= 0.6 is 11.8 Å². The summed E-state index contributed by atoms with van der Waals surface area (Å²) in [7, 11) is 0. The van der Waals surface area contributed by atoms with E-state index < -0.39 is 11.6 Å². The molecule has 3 aromatic rings. The molecule has 1 atom stereocenters. The van der Waals surface area contributed by atoms with Crippen LogP contribution in [0.1, 0.15) is 75.9 Å². The quantitative estimate of drug-likeness (QED) is 0.228. The van der Waals surface area contributed by atoms with Crippen molar-refractivity contribution in [2.45, 2.75) is 94.0 Å². The zero-order valence-electron chi connectivity index (χ0n) is 24.9. The summed E-state index contributed by atoms with van der Waals surface area (Å²) >= 11 is 1.50. The number of ether oxygens (including phenoxy) is 1. The van der Waals surface area contributed by atoms with E-state index in [-0.39, 0.29) is 41.4 Å². The van der Waals surface area contributed by atoms with Gasteiger partial charge in [0.2, 0.25) is 11.7 Å². The molecule has 0 spiro atoms. The Bertz CT molecular complexity index is 1420. The molecule has 4 bridgehead atoms. The number of para-hydroxylation sites is 1. The van der Waals surface area contributed by atoms with Crippen LogP contribution in [0.4, 0.5) is 0 Å². The third-order valence-electron chi connectivity index (χ3n) is 9.19. The highest BCUT2D eigenvalue weighted by Gasteiger charge is 2.49. The lowest BCUT2D eigenvalue weighted by atomic mass is 9.54. The number of carbonyl (C=O) groups is 2. The highest BCUT2D eigenvalue weighted by molar-refractivity contribution is 8.00. The lowest BCUT2D eigenvalue weighted by Crippen LogP contribution is -2.55. The SMILES string of the molecule is CC(C)Sc1c(OCC(C)(C)NC(=O)[C@@H](N)Cc2c[nH]c3ccccc23)noc1C(=O)NC1C2CC3CC(C2)CC1C3. The van der Waals surface area contributed by atoms with Gasteiger partial charge in [-0.3, -0.25) is 9.59 Å². The Hall–Kier alpha value is -2.98. The van der Waals surface area contributed by atoms with Crippen molar-refractivity contribution in [1.29, 1.82) is 0 Å². The number of H-pyrrole nitrogens is 1. The summed E-state index contributed by atoms with van der Waals surface area (Å²) in [4.78, 5) is 30.4. The lowest BCUT2D eigenvalue weighted by molar-refractivity contribution is -0.124. The molecule has 0 saturated heterocycles. The second kappa shape index (κ2) is 11.6. The number of carbonyl (C=O) groups excluding carboxylic acids is 2. The molecule has 4 aliphatic carbocycles. The Morgan fingerprint density at radius 3 is 2.52 bits per heavy atom. The van der Waals surface area contributed by atoms with Crippen molar-refractivity contribution in [2.75, 3.05) is 6.61 Å². The van der Waals surface area contributed by atoms with Gasteiger partial charge in [-0.15, -0.1) is 11.8 Å². The van der Waals surface area contributed by atoms with Gasteiger partial charge in [-0.25, -0.2) is 0 Å². The highest BCUT2D eigenvalue weighted by atomic mass is 32.2. The fraction of sp³-hybridized carbons (Fsp3) is 0.594. The molecule has 2 aromatic heterocycles. The van der Waals surface area contributed by atoms with Crippen molar-refractivity contribution >= 4 is 34.5 Å². The van der Waals surface area contributed by atoms with Crippen LogP contribution in [0.25, 0.3) is 10.9 Å². The van der Waals surface area contributed by atoms with E-state index in [4.69, 9.17) is 15.0 Å². The van der Waals surface area contributed by atoms with Gasteiger partial charge in [0.05, 0.1) is 11.6 Å². The van der Waals surface area contributed by atoms with Crippen LogP contribution in [0.3, 0.4) is 0 Å². The van der Waals surface area contributed by atoms with Crippen molar-refractivity contribution in [3.63, 3.8) is 0 Å². The number of nitrogens with one attached hydrogen (secondary N) is 3. The topological polar surface area (TPSA) is 135 Å². The Balaban J connectivity index is 1.08. The van der Waals surface area contributed by atoms with Crippen LogP contribution in [0.2, 0.25) is 0 Å². The van der Waals surface area contributed by atoms with Gasteiger partial charge in [-0.05, 0) is 92.8 Å². The van der Waals surface area contributed by atoms with E-state index in [2.05, 4.69) is 34.6 Å². The van der Waals surface area contributed by atoms with Gasteiger partial charge in [0, 0.05) is 28.4 Å². The largest absolute Gasteiger partial charge is 0.472 e. The molecule has 10 heteroatoms. The fourth-order valence-electron chi connectivity index (χ4n) is 7.56. The van der Waals surface area contributed by atoms with Gasteiger partial charge in [0.25, 0.3) is 11.8 Å². The summed E-state index contributed by atoms with van der Waals surface area (Å²) in [5.74, 6) is 2.81. The molecule has 0 unspecified atom stereocenters. The first-order valence-electron chi connectivity index (χ1n) is 15.3. The molecule has 4 saturated carbocycles. The Labute approximate surface area is 251 Å². The number of hydrogen-bond donors (Lipinski definition) is 4. The van der Waals surface area contributed by atoms with Crippen molar-refractivity contribution in [3.05, 3.63) is 41.8 Å². The van der Waals surface area contributed by atoms with E-state index in [1.165, 1.54) is 43.9 Å². The smallest absolute Gasteiger partial charge is 0.291 e. The minimum absolute atomic E-state index is 0.132. The average molecular weight is 594 g/mol. The number of rotatable bonds is 11. The molecule has 2 heterocycles. The number of nitrogens with two attached hydrogens (primary N) is 1. The minimum Gasteiger partial charge on any atom is -0.472 e. The number of amides is 2. The molecule has 226 valence electrons. The Morgan fingerprint density at radius 1 is 1.14 bits per heavy atom. The highest BCUT2D eigenvalue weighted by Crippen LogP contribution is 2.53. The minimum atomic E-state index is -0.740. The van der Waals surface area contributed by atoms with Gasteiger partial charge < -0.3 is 30.6 Å². The molecule has 4 fully saturated rings. The van der Waals surface area contributed by atoms with Gasteiger partial charge in [0.1, 0.15) is 11.5 Å². The Kier molecular flexibility index (Phi) is 8.04. The summed E-state index contributed by atoms with van der Waals surface area (Å²) in [6.45, 7) is 7.99. The maximum absolute atomic E-state index is 13.5. The molecular formula is C32H43N5O4S. The first kappa shape index (κ1) is 29.1. The standard InChI is InChI=1S/C32H43N5O4S/c1-17(2)42-28-27(30(39)35-26-20-10-18-9-19(12-20)13-21(26)11-18)41-37-31(28)40-16-32(3,4)36-29(38)24(33)14-22-15-34-25-8-6-5-7-23(22)25/h5-8,15,17-21,24,26,34H,9-14,16,33H2,1-4H3,(H,35,39)(H,36,38)/t18?,19?,20?,21?,24-,26?/m0/s1. The van der Waals surface area contributed by atoms with Crippen LogP contribution in [-0.2, 0) is 11.2 Å². The number of nitrogens with zero attached hydrogens (tertiary/aromatic N) is 1. The number of aromatic nitrogens is 2. The van der Waals surface area contributed by atoms with Gasteiger partial charge in [-0.2, -0.15) is 0 Å². The van der Waals surface area contributed by atoms with Crippen LogP contribution in [0, 0.1) is 23.7 Å². The van der Waals surface area contributed by atoms with Gasteiger partial charge in [0.15, 0.2) is 0 Å². The third-order valence-corrected chi connectivity index (χ3v) is 10.3. The van der Waals surface area contributed by atoms with Gasteiger partial charge >= 0.3 is 0 Å². The monoisotopic (exact) mass is 593 g/mol. The van der Waals surface area contributed by atoms with Crippen LogP contribution in [0.5, 0.6) is 5.88 Å². The summed E-state index contributed by atoms with van der Waals surface area (Å²) in [6.07, 6.45) is 8.59. The third kappa shape index (κ3) is 6.06. The number of hydrogen-bond acceptors (Lipinski definition) is 7. The van der Waals surface area contributed by atoms with Crippen molar-refractivity contribution in [1.82, 2.24) is 20.8 Å². The second-order valence-corrected chi connectivity index (χ2v) is 15.2. The maximum Gasteiger partial charge on any atom is 0.291 e. The van der Waals surface area contributed by atoms with E-state index in [0.29, 0.717) is 23.2 Å². The number of benzene rings is 1. The number of fused-ring (bicyclic) bond motifs is 1. The molecule has 4 aliphatic rings. The van der Waals surface area contributed by atoms with E-state index in [0.717, 1.165) is 28.3 Å². The van der Waals surface area contributed by atoms with Crippen molar-refractivity contribution in [2.24, 2.45) is 29.4 Å². The predicted octanol–water partition coefficient (Wildman–Crippen LogP) is 5.05. The van der Waals surface area contributed by atoms with Gasteiger partial charge in [-0.1, -0.05) is 32.0 Å². The first-order chi connectivity index (χ1) is 20.1. The van der Waals surface area contributed by atoms with Crippen molar-refractivity contribution in [3.8, 4) is 5.88 Å². The second-order valence-electron chi connectivity index (χ2n) is 13.6. The predicted molar refractivity (Wildman–Crippen MR) is 163 cm³/mol. The molecule has 0 aliphatic heterocycles. The van der Waals surface area contributed by atoms with E-state index >= 15 is 0 Å². The average Bonchev–Trinajstić information content (AvgIpc) is 3.52. The van der Waals surface area contributed by atoms with Crippen LogP contribution < -0.4 is 21.1 Å². The fourth-order valence-corrected chi connectivity index (χ4v) is 8.47. The number of thioether (sulfide) groups is 1. The van der Waals surface area contributed by atoms with Crippen LogP contribution in [-0.4, -0.2) is 51.4 Å². The molecule has 2 amide bonds.